The highest BCUT2D eigenvalue weighted by molar-refractivity contribution is 5.97. The van der Waals surface area contributed by atoms with Crippen molar-refractivity contribution in [3.63, 3.8) is 0 Å². The lowest BCUT2D eigenvalue weighted by Gasteiger charge is -2.12. The highest BCUT2D eigenvalue weighted by Gasteiger charge is 2.13. The minimum Gasteiger partial charge on any atom is -0.457 e. The minimum absolute atomic E-state index is 0.162. The molecule has 0 radical (unpaired) electrons. The first-order chi connectivity index (χ1) is 13.2. The van der Waals surface area contributed by atoms with Crippen molar-refractivity contribution in [1.82, 2.24) is 10.6 Å². The molecule has 3 aromatic carbocycles. The average molecular weight is 360 g/mol. The lowest BCUT2D eigenvalue weighted by Crippen LogP contribution is -2.24. The fourth-order valence-electron chi connectivity index (χ4n) is 2.60. The normalized spacial score (nSPS) is 10.1. The fraction of sp³-hybridized carbons (Fsp3) is 0.0909. The number of amides is 2. The molecule has 2 N–H and O–H groups in total. The molecular formula is C22H20N2O3. The number of para-hydroxylation sites is 2. The highest BCUT2D eigenvalue weighted by atomic mass is 16.5. The first kappa shape index (κ1) is 18.2. The summed E-state index contributed by atoms with van der Waals surface area (Å²) in [6.07, 6.45) is 0. The van der Waals surface area contributed by atoms with Gasteiger partial charge in [0.2, 0.25) is 0 Å². The van der Waals surface area contributed by atoms with Crippen LogP contribution in [0, 0.1) is 0 Å². The second kappa shape index (κ2) is 8.67. The monoisotopic (exact) mass is 360 g/mol. The maximum Gasteiger partial charge on any atom is 0.255 e. The first-order valence-electron chi connectivity index (χ1n) is 8.58. The van der Waals surface area contributed by atoms with E-state index in [1.165, 1.54) is 0 Å². The SMILES string of the molecule is CNC(=O)c1cccc(CNC(=O)c2ccccc2Oc2ccccc2)c1. The minimum atomic E-state index is -0.244. The van der Waals surface area contributed by atoms with E-state index < -0.39 is 0 Å². The van der Waals surface area contributed by atoms with Crippen LogP contribution < -0.4 is 15.4 Å². The van der Waals surface area contributed by atoms with Crippen LogP contribution in [-0.4, -0.2) is 18.9 Å². The van der Waals surface area contributed by atoms with Gasteiger partial charge >= 0.3 is 0 Å². The molecule has 0 aromatic heterocycles. The largest absolute Gasteiger partial charge is 0.457 e. The van der Waals surface area contributed by atoms with Crippen molar-refractivity contribution in [2.24, 2.45) is 0 Å². The molecule has 0 aliphatic rings. The predicted molar refractivity (Wildman–Crippen MR) is 104 cm³/mol. The van der Waals surface area contributed by atoms with Gasteiger partial charge in [0.05, 0.1) is 5.56 Å². The number of carbonyl (C=O) groups excluding carboxylic acids is 2. The van der Waals surface area contributed by atoms with Gasteiger partial charge in [0.15, 0.2) is 0 Å². The Balaban J connectivity index is 1.71. The molecular weight excluding hydrogens is 340 g/mol. The lowest BCUT2D eigenvalue weighted by molar-refractivity contribution is 0.0946. The van der Waals surface area contributed by atoms with Gasteiger partial charge in [-0.05, 0) is 42.0 Å². The third-order valence-electron chi connectivity index (χ3n) is 3.97. The van der Waals surface area contributed by atoms with E-state index in [0.29, 0.717) is 29.2 Å². The van der Waals surface area contributed by atoms with Gasteiger partial charge in [-0.25, -0.2) is 0 Å². The van der Waals surface area contributed by atoms with Crippen LogP contribution in [0.1, 0.15) is 26.3 Å². The lowest BCUT2D eigenvalue weighted by atomic mass is 10.1. The Morgan fingerprint density at radius 3 is 2.37 bits per heavy atom. The van der Waals surface area contributed by atoms with E-state index in [4.69, 9.17) is 4.74 Å². The summed E-state index contributed by atoms with van der Waals surface area (Å²) in [7, 11) is 1.58. The molecule has 5 nitrogen and oxygen atoms in total. The number of carbonyl (C=O) groups is 2. The summed E-state index contributed by atoms with van der Waals surface area (Å²) in [5, 5.41) is 5.46. The zero-order valence-electron chi connectivity index (χ0n) is 14.9. The van der Waals surface area contributed by atoms with Crippen molar-refractivity contribution < 1.29 is 14.3 Å². The Bertz CT molecular complexity index is 939. The van der Waals surface area contributed by atoms with E-state index in [-0.39, 0.29) is 11.8 Å². The van der Waals surface area contributed by atoms with Crippen molar-refractivity contribution in [3.8, 4) is 11.5 Å². The van der Waals surface area contributed by atoms with Crippen LogP contribution in [0.3, 0.4) is 0 Å². The molecule has 0 fully saturated rings. The standard InChI is InChI=1S/C22H20N2O3/c1-23-21(25)17-9-7-8-16(14-17)15-24-22(26)19-12-5-6-13-20(19)27-18-10-3-2-4-11-18/h2-14H,15H2,1H3,(H,23,25)(H,24,26). The molecule has 2 amide bonds. The second-order valence-electron chi connectivity index (χ2n) is 5.87. The summed E-state index contributed by atoms with van der Waals surface area (Å²) in [5.74, 6) is 0.744. The third-order valence-corrected chi connectivity index (χ3v) is 3.97. The molecule has 3 aromatic rings. The summed E-state index contributed by atoms with van der Waals surface area (Å²) in [6.45, 7) is 0.309. The quantitative estimate of drug-likeness (QED) is 0.703. The summed E-state index contributed by atoms with van der Waals surface area (Å²) >= 11 is 0. The highest BCUT2D eigenvalue weighted by Crippen LogP contribution is 2.25. The van der Waals surface area contributed by atoms with Crippen LogP contribution in [0.25, 0.3) is 0 Å². The Morgan fingerprint density at radius 2 is 1.59 bits per heavy atom. The van der Waals surface area contributed by atoms with Crippen LogP contribution in [0.5, 0.6) is 11.5 Å². The Morgan fingerprint density at radius 1 is 0.852 bits per heavy atom. The number of hydrogen-bond donors (Lipinski definition) is 2. The van der Waals surface area contributed by atoms with Crippen LogP contribution >= 0.6 is 0 Å². The molecule has 0 bridgehead atoms. The number of hydrogen-bond acceptors (Lipinski definition) is 3. The van der Waals surface area contributed by atoms with Gasteiger partial charge in [0.25, 0.3) is 11.8 Å². The number of nitrogens with one attached hydrogen (secondary N) is 2. The Hall–Kier alpha value is -3.60. The average Bonchev–Trinajstić information content (AvgIpc) is 2.73. The Labute approximate surface area is 158 Å². The number of rotatable bonds is 6. The molecule has 0 saturated heterocycles. The molecule has 3 rings (SSSR count). The van der Waals surface area contributed by atoms with Gasteiger partial charge in [-0.15, -0.1) is 0 Å². The van der Waals surface area contributed by atoms with Gasteiger partial charge in [-0.1, -0.05) is 42.5 Å². The van der Waals surface area contributed by atoms with Gasteiger partial charge in [0.1, 0.15) is 11.5 Å². The van der Waals surface area contributed by atoms with Crippen molar-refractivity contribution in [1.29, 1.82) is 0 Å². The topological polar surface area (TPSA) is 67.4 Å². The summed E-state index contributed by atoms with van der Waals surface area (Å²) < 4.78 is 5.83. The molecule has 0 aliphatic carbocycles. The van der Waals surface area contributed by atoms with Crippen molar-refractivity contribution >= 4 is 11.8 Å². The second-order valence-corrected chi connectivity index (χ2v) is 5.87. The molecule has 136 valence electrons. The zero-order chi connectivity index (χ0) is 19.1. The van der Waals surface area contributed by atoms with Crippen molar-refractivity contribution in [2.45, 2.75) is 6.54 Å². The molecule has 5 heteroatoms. The van der Waals surface area contributed by atoms with Gasteiger partial charge in [-0.2, -0.15) is 0 Å². The Kier molecular flexibility index (Phi) is 5.84. The molecule has 0 aliphatic heterocycles. The van der Waals surface area contributed by atoms with Gasteiger partial charge < -0.3 is 15.4 Å². The van der Waals surface area contributed by atoms with E-state index >= 15 is 0 Å². The van der Waals surface area contributed by atoms with E-state index in [9.17, 15) is 9.59 Å². The molecule has 0 saturated carbocycles. The maximum atomic E-state index is 12.6. The molecule has 0 spiro atoms. The summed E-state index contributed by atoms with van der Waals surface area (Å²) in [4.78, 5) is 24.4. The number of ether oxygens (including phenoxy) is 1. The third kappa shape index (κ3) is 4.73. The number of benzene rings is 3. The van der Waals surface area contributed by atoms with Crippen molar-refractivity contribution in [2.75, 3.05) is 7.05 Å². The molecule has 27 heavy (non-hydrogen) atoms. The van der Waals surface area contributed by atoms with Crippen molar-refractivity contribution in [3.05, 3.63) is 95.6 Å². The van der Waals surface area contributed by atoms with Crippen LogP contribution in [0.4, 0.5) is 0 Å². The van der Waals surface area contributed by atoms with Crippen LogP contribution in [0.2, 0.25) is 0 Å². The molecule has 0 unspecified atom stereocenters. The fourth-order valence-corrected chi connectivity index (χ4v) is 2.60. The molecule has 0 heterocycles. The maximum absolute atomic E-state index is 12.6. The summed E-state index contributed by atoms with van der Waals surface area (Å²) in [5.41, 5.74) is 1.84. The van der Waals surface area contributed by atoms with E-state index in [1.54, 1.807) is 43.4 Å². The van der Waals surface area contributed by atoms with Crippen LogP contribution in [-0.2, 0) is 6.54 Å². The predicted octanol–water partition coefficient (Wildman–Crippen LogP) is 3.77. The van der Waals surface area contributed by atoms with E-state index in [0.717, 1.165) is 5.56 Å². The van der Waals surface area contributed by atoms with Gasteiger partial charge in [-0.3, -0.25) is 9.59 Å². The first-order valence-corrected chi connectivity index (χ1v) is 8.58. The van der Waals surface area contributed by atoms with E-state index in [1.807, 2.05) is 42.5 Å². The van der Waals surface area contributed by atoms with Gasteiger partial charge in [0, 0.05) is 19.2 Å². The van der Waals surface area contributed by atoms with E-state index in [2.05, 4.69) is 10.6 Å². The summed E-state index contributed by atoms with van der Waals surface area (Å²) in [6, 6.07) is 23.5. The van der Waals surface area contributed by atoms with Crippen LogP contribution in [0.15, 0.2) is 78.9 Å². The zero-order valence-corrected chi connectivity index (χ0v) is 14.9. The molecule has 0 atom stereocenters. The smallest absolute Gasteiger partial charge is 0.255 e.